The first-order chi connectivity index (χ1) is 15.5. The van der Waals surface area contributed by atoms with Gasteiger partial charge in [-0.1, -0.05) is 27.2 Å². The minimum Gasteiger partial charge on any atom is -0.481 e. The summed E-state index contributed by atoms with van der Waals surface area (Å²) < 4.78 is 0. The second kappa shape index (κ2) is 14.8. The van der Waals surface area contributed by atoms with E-state index in [2.05, 4.69) is 26.2 Å². The lowest BCUT2D eigenvalue weighted by atomic mass is 10.1. The molecule has 1 fully saturated rings. The Morgan fingerprint density at radius 3 is 2.06 bits per heavy atom. The number of hydrogen-bond acceptors (Lipinski definition) is 7. The van der Waals surface area contributed by atoms with Crippen LogP contribution in [-0.2, 0) is 19.2 Å². The van der Waals surface area contributed by atoms with Gasteiger partial charge in [-0.05, 0) is 26.2 Å². The number of rotatable bonds is 18. The highest BCUT2D eigenvalue weighted by Gasteiger charge is 2.29. The fraction of sp³-hybridized carbons (Fsp3) is 0.818. The van der Waals surface area contributed by atoms with Crippen LogP contribution in [0.1, 0.15) is 59.8 Å². The quantitative estimate of drug-likeness (QED) is 0.148. The molecule has 190 valence electrons. The van der Waals surface area contributed by atoms with E-state index >= 15 is 0 Å². The molecule has 11 nitrogen and oxygen atoms in total. The van der Waals surface area contributed by atoms with E-state index < -0.39 is 36.0 Å². The minimum absolute atomic E-state index is 0.0150. The summed E-state index contributed by atoms with van der Waals surface area (Å²) in [5.41, 5.74) is 0. The monoisotopic (exact) mass is 471 g/mol. The van der Waals surface area contributed by atoms with Gasteiger partial charge in [0.2, 0.25) is 11.8 Å². The van der Waals surface area contributed by atoms with Crippen LogP contribution in [-0.4, -0.2) is 95.3 Å². The van der Waals surface area contributed by atoms with Crippen LogP contribution in [0.5, 0.6) is 0 Å². The van der Waals surface area contributed by atoms with Crippen molar-refractivity contribution in [3.63, 3.8) is 0 Å². The lowest BCUT2D eigenvalue weighted by Gasteiger charge is -2.25. The standard InChI is InChI=1S/C22H41N5O6/c1-5-6-15(4)25-16(7-8-19(28)29)21(31)26-17(22(32)33)9-10-23-20(30)18(24-14(2)3)13-27-11-12-27/h14-18,24-25H,5-13H2,1-4H3,(H,23,30)(H,26,31)(H,28,29)(H,32,33)/t15?,16-,17?,18-/m0/s1. The van der Waals surface area contributed by atoms with E-state index in [1.165, 1.54) is 0 Å². The summed E-state index contributed by atoms with van der Waals surface area (Å²) in [5.74, 6) is -3.00. The Morgan fingerprint density at radius 1 is 0.879 bits per heavy atom. The van der Waals surface area contributed by atoms with Crippen molar-refractivity contribution in [3.05, 3.63) is 0 Å². The Morgan fingerprint density at radius 2 is 1.55 bits per heavy atom. The average Bonchev–Trinajstić information content (AvgIpc) is 3.53. The molecule has 6 N–H and O–H groups in total. The number of hydrogen-bond donors (Lipinski definition) is 6. The van der Waals surface area contributed by atoms with Crippen LogP contribution in [0.15, 0.2) is 0 Å². The fourth-order valence-electron chi connectivity index (χ4n) is 3.54. The molecule has 1 aliphatic rings. The van der Waals surface area contributed by atoms with Gasteiger partial charge in [-0.25, -0.2) is 4.79 Å². The van der Waals surface area contributed by atoms with Gasteiger partial charge in [-0.3, -0.25) is 19.3 Å². The number of carbonyl (C=O) groups excluding carboxylic acids is 2. The molecule has 1 aliphatic heterocycles. The normalized spacial score (nSPS) is 17.1. The molecule has 0 aromatic carbocycles. The third-order valence-corrected chi connectivity index (χ3v) is 5.35. The van der Waals surface area contributed by atoms with Crippen LogP contribution >= 0.6 is 0 Å². The molecule has 11 heteroatoms. The maximum absolute atomic E-state index is 12.7. The predicted octanol–water partition coefficient (Wildman–Crippen LogP) is -0.244. The Kier molecular flexibility index (Phi) is 12.9. The van der Waals surface area contributed by atoms with Crippen LogP contribution in [0.4, 0.5) is 0 Å². The van der Waals surface area contributed by atoms with Gasteiger partial charge in [0.25, 0.3) is 0 Å². The summed E-state index contributed by atoms with van der Waals surface area (Å²) in [7, 11) is 0. The molecule has 0 aromatic rings. The first kappa shape index (κ1) is 28.8. The van der Waals surface area contributed by atoms with Gasteiger partial charge in [-0.2, -0.15) is 0 Å². The zero-order chi connectivity index (χ0) is 25.0. The molecule has 0 aromatic heterocycles. The highest BCUT2D eigenvalue weighted by Crippen LogP contribution is 2.06. The van der Waals surface area contributed by atoms with Gasteiger partial charge in [0.15, 0.2) is 0 Å². The number of carboxylic acid groups (broad SMARTS) is 2. The van der Waals surface area contributed by atoms with Crippen LogP contribution < -0.4 is 21.3 Å². The summed E-state index contributed by atoms with van der Waals surface area (Å²) in [5, 5.41) is 30.1. The SMILES string of the molecule is CCCC(C)N[C@@H](CCC(=O)O)C(=O)NC(CCNC(=O)[C@H](CN1CC1)NC(C)C)C(=O)O. The maximum atomic E-state index is 12.7. The molecule has 4 atom stereocenters. The zero-order valence-electron chi connectivity index (χ0n) is 20.2. The number of nitrogens with zero attached hydrogens (tertiary/aromatic N) is 1. The molecule has 2 unspecified atom stereocenters. The number of carboxylic acids is 2. The Hall–Kier alpha value is -2.24. The van der Waals surface area contributed by atoms with Crippen LogP contribution in [0.2, 0.25) is 0 Å². The first-order valence-corrected chi connectivity index (χ1v) is 11.8. The molecule has 0 radical (unpaired) electrons. The van der Waals surface area contributed by atoms with Gasteiger partial charge in [0.1, 0.15) is 6.04 Å². The molecule has 33 heavy (non-hydrogen) atoms. The molecular formula is C22H41N5O6. The smallest absolute Gasteiger partial charge is 0.326 e. The molecular weight excluding hydrogens is 430 g/mol. The summed E-state index contributed by atoms with van der Waals surface area (Å²) in [6.07, 6.45) is 1.55. The Bertz CT molecular complexity index is 651. The summed E-state index contributed by atoms with van der Waals surface area (Å²) in [4.78, 5) is 50.1. The molecule has 0 spiro atoms. The molecule has 1 saturated heterocycles. The topological polar surface area (TPSA) is 160 Å². The maximum Gasteiger partial charge on any atom is 0.326 e. The summed E-state index contributed by atoms with van der Waals surface area (Å²) in [6, 6.07) is -2.30. The largest absolute Gasteiger partial charge is 0.481 e. The van der Waals surface area contributed by atoms with Gasteiger partial charge in [0.05, 0.1) is 12.1 Å². The average molecular weight is 472 g/mol. The van der Waals surface area contributed by atoms with Crippen LogP contribution in [0.3, 0.4) is 0 Å². The van der Waals surface area contributed by atoms with Crippen LogP contribution in [0, 0.1) is 0 Å². The number of amides is 2. The molecule has 0 saturated carbocycles. The first-order valence-electron chi connectivity index (χ1n) is 11.8. The number of nitrogens with one attached hydrogen (secondary N) is 4. The second-order valence-corrected chi connectivity index (χ2v) is 9.00. The lowest BCUT2D eigenvalue weighted by Crippen LogP contribution is -2.53. The van der Waals surface area contributed by atoms with Gasteiger partial charge in [0, 0.05) is 44.7 Å². The minimum atomic E-state index is -1.21. The van der Waals surface area contributed by atoms with Crippen molar-refractivity contribution >= 4 is 23.8 Å². The van der Waals surface area contributed by atoms with Crippen molar-refractivity contribution in [2.75, 3.05) is 26.2 Å². The van der Waals surface area contributed by atoms with E-state index in [1.54, 1.807) is 0 Å². The molecule has 1 rings (SSSR count). The summed E-state index contributed by atoms with van der Waals surface area (Å²) >= 11 is 0. The number of aliphatic carboxylic acids is 2. The molecule has 1 heterocycles. The van der Waals surface area contributed by atoms with Crippen molar-refractivity contribution in [1.29, 1.82) is 0 Å². The fourth-order valence-corrected chi connectivity index (χ4v) is 3.54. The predicted molar refractivity (Wildman–Crippen MR) is 124 cm³/mol. The highest BCUT2D eigenvalue weighted by molar-refractivity contribution is 5.87. The van der Waals surface area contributed by atoms with E-state index in [0.717, 1.165) is 25.9 Å². The van der Waals surface area contributed by atoms with Gasteiger partial charge < -0.3 is 31.5 Å². The van der Waals surface area contributed by atoms with Crippen LogP contribution in [0.25, 0.3) is 0 Å². The highest BCUT2D eigenvalue weighted by atomic mass is 16.4. The molecule has 2 amide bonds. The van der Waals surface area contributed by atoms with E-state index in [-0.39, 0.29) is 43.8 Å². The van der Waals surface area contributed by atoms with Crippen molar-refractivity contribution in [2.45, 2.75) is 90.0 Å². The third-order valence-electron chi connectivity index (χ3n) is 5.35. The van der Waals surface area contributed by atoms with E-state index in [4.69, 9.17) is 5.11 Å². The Balaban J connectivity index is 2.64. The molecule has 0 bridgehead atoms. The second-order valence-electron chi connectivity index (χ2n) is 9.00. The van der Waals surface area contributed by atoms with Crippen molar-refractivity contribution < 1.29 is 29.4 Å². The Labute approximate surface area is 196 Å². The van der Waals surface area contributed by atoms with Crippen molar-refractivity contribution in [1.82, 2.24) is 26.2 Å². The van der Waals surface area contributed by atoms with Crippen molar-refractivity contribution in [2.24, 2.45) is 0 Å². The van der Waals surface area contributed by atoms with Crippen molar-refractivity contribution in [3.8, 4) is 0 Å². The lowest BCUT2D eigenvalue weighted by molar-refractivity contribution is -0.143. The summed E-state index contributed by atoms with van der Waals surface area (Å²) in [6.45, 7) is 10.4. The van der Waals surface area contributed by atoms with Gasteiger partial charge in [-0.15, -0.1) is 0 Å². The van der Waals surface area contributed by atoms with Gasteiger partial charge >= 0.3 is 11.9 Å². The van der Waals surface area contributed by atoms with E-state index in [0.29, 0.717) is 6.54 Å². The number of carbonyl (C=O) groups is 4. The molecule has 0 aliphatic carbocycles. The third kappa shape index (κ3) is 12.5. The zero-order valence-corrected chi connectivity index (χ0v) is 20.2. The van der Waals surface area contributed by atoms with E-state index in [1.807, 2.05) is 27.7 Å². The van der Waals surface area contributed by atoms with E-state index in [9.17, 15) is 24.3 Å².